The highest BCUT2D eigenvalue weighted by Gasteiger charge is 2.38. The Morgan fingerprint density at radius 1 is 1.50 bits per heavy atom. The van der Waals surface area contributed by atoms with Crippen LogP contribution in [0.2, 0.25) is 0 Å². The van der Waals surface area contributed by atoms with Gasteiger partial charge < -0.3 is 10.4 Å². The molecule has 1 fully saturated rings. The Balaban J connectivity index is 2.29. The summed E-state index contributed by atoms with van der Waals surface area (Å²) in [6, 6.07) is 8.20. The zero-order valence-corrected chi connectivity index (χ0v) is 12.7. The summed E-state index contributed by atoms with van der Waals surface area (Å²) in [5.74, 6) is 0.682. The van der Waals surface area contributed by atoms with Crippen LogP contribution in [0.4, 0.5) is 0 Å². The van der Waals surface area contributed by atoms with Gasteiger partial charge in [0.05, 0.1) is 0 Å². The summed E-state index contributed by atoms with van der Waals surface area (Å²) in [5, 5.41) is 14.6. The normalized spacial score (nSPS) is 27.8. The molecule has 18 heavy (non-hydrogen) atoms. The molecule has 0 aromatic heterocycles. The molecule has 0 saturated carbocycles. The molecule has 1 aliphatic heterocycles. The minimum absolute atomic E-state index is 0.153. The van der Waals surface area contributed by atoms with E-state index >= 15 is 0 Å². The first-order valence-corrected chi connectivity index (χ1v) is 7.57. The van der Waals surface area contributed by atoms with E-state index in [1.807, 2.05) is 24.3 Å². The molecule has 1 aliphatic rings. The van der Waals surface area contributed by atoms with Gasteiger partial charge in [0.2, 0.25) is 0 Å². The van der Waals surface area contributed by atoms with Gasteiger partial charge in [-0.3, -0.25) is 0 Å². The highest BCUT2D eigenvalue weighted by molar-refractivity contribution is 9.10. The Bertz CT molecular complexity index is 409. The molecule has 100 valence electrons. The second-order valence-electron chi connectivity index (χ2n) is 5.42. The van der Waals surface area contributed by atoms with Crippen LogP contribution in [0, 0.1) is 5.92 Å². The van der Waals surface area contributed by atoms with Gasteiger partial charge in [-0.2, -0.15) is 0 Å². The van der Waals surface area contributed by atoms with E-state index in [1.165, 1.54) is 6.42 Å². The summed E-state index contributed by atoms with van der Waals surface area (Å²) in [4.78, 5) is 0. The average molecular weight is 312 g/mol. The van der Waals surface area contributed by atoms with Crippen LogP contribution in [-0.2, 0) is 5.60 Å². The number of piperidine rings is 1. The monoisotopic (exact) mass is 311 g/mol. The quantitative estimate of drug-likeness (QED) is 0.896. The van der Waals surface area contributed by atoms with Crippen LogP contribution < -0.4 is 5.32 Å². The Morgan fingerprint density at radius 3 is 2.89 bits per heavy atom. The molecule has 3 unspecified atom stereocenters. The predicted molar refractivity (Wildman–Crippen MR) is 78.5 cm³/mol. The van der Waals surface area contributed by atoms with Crippen molar-refractivity contribution in [3.63, 3.8) is 0 Å². The molecule has 2 nitrogen and oxygen atoms in total. The van der Waals surface area contributed by atoms with Crippen molar-refractivity contribution in [1.29, 1.82) is 0 Å². The fraction of sp³-hybridized carbons (Fsp3) is 0.600. The summed E-state index contributed by atoms with van der Waals surface area (Å²) in [6.45, 7) is 5.33. The predicted octanol–water partition coefficient (Wildman–Crippen LogP) is 3.43. The molecule has 1 heterocycles. The van der Waals surface area contributed by atoms with E-state index in [4.69, 9.17) is 0 Å². The van der Waals surface area contributed by atoms with E-state index < -0.39 is 5.60 Å². The number of benzene rings is 1. The van der Waals surface area contributed by atoms with Crippen LogP contribution >= 0.6 is 15.9 Å². The van der Waals surface area contributed by atoms with Crippen LogP contribution in [0.15, 0.2) is 28.7 Å². The molecule has 1 saturated heterocycles. The van der Waals surface area contributed by atoms with Gasteiger partial charge >= 0.3 is 0 Å². The molecule has 0 amide bonds. The fourth-order valence-corrected chi connectivity index (χ4v) is 3.28. The van der Waals surface area contributed by atoms with E-state index in [9.17, 15) is 5.11 Å². The minimum atomic E-state index is -0.765. The maximum Gasteiger partial charge on any atom is 0.105 e. The first-order chi connectivity index (χ1) is 8.56. The largest absolute Gasteiger partial charge is 0.384 e. The third-order valence-corrected chi connectivity index (χ3v) is 4.60. The Kier molecular flexibility index (Phi) is 4.46. The van der Waals surface area contributed by atoms with Gasteiger partial charge in [-0.15, -0.1) is 0 Å². The van der Waals surface area contributed by atoms with Crippen LogP contribution in [-0.4, -0.2) is 17.7 Å². The van der Waals surface area contributed by atoms with Crippen molar-refractivity contribution in [1.82, 2.24) is 5.32 Å². The SMILES string of the molecule is CCC(O)(c1cccc(Br)c1)C1CC(C)CCN1. The van der Waals surface area contributed by atoms with Gasteiger partial charge in [0.25, 0.3) is 0 Å². The molecule has 3 atom stereocenters. The second kappa shape index (κ2) is 5.72. The maximum atomic E-state index is 11.1. The molecule has 1 aromatic rings. The molecule has 1 aromatic carbocycles. The lowest BCUT2D eigenvalue weighted by Crippen LogP contribution is -2.52. The number of rotatable bonds is 3. The van der Waals surface area contributed by atoms with Gasteiger partial charge in [0.1, 0.15) is 5.60 Å². The van der Waals surface area contributed by atoms with Crippen molar-refractivity contribution < 1.29 is 5.11 Å². The molecule has 0 spiro atoms. The van der Waals surface area contributed by atoms with Crippen molar-refractivity contribution >= 4 is 15.9 Å². The van der Waals surface area contributed by atoms with Crippen molar-refractivity contribution in [2.45, 2.75) is 44.8 Å². The highest BCUT2D eigenvalue weighted by Crippen LogP contribution is 2.35. The smallest absolute Gasteiger partial charge is 0.105 e. The van der Waals surface area contributed by atoms with Crippen LogP contribution in [0.25, 0.3) is 0 Å². The standard InChI is InChI=1S/C15H22BrNO/c1-3-15(18,12-5-4-6-13(16)10-12)14-9-11(2)7-8-17-14/h4-6,10-11,14,17-18H,3,7-9H2,1-2H3. The fourth-order valence-electron chi connectivity index (χ4n) is 2.88. The van der Waals surface area contributed by atoms with Gasteiger partial charge in [0, 0.05) is 10.5 Å². The lowest BCUT2D eigenvalue weighted by atomic mass is 9.78. The van der Waals surface area contributed by atoms with Crippen LogP contribution in [0.3, 0.4) is 0 Å². The van der Waals surface area contributed by atoms with Crippen molar-refractivity contribution in [3.05, 3.63) is 34.3 Å². The summed E-state index contributed by atoms with van der Waals surface area (Å²) in [6.07, 6.45) is 2.97. The lowest BCUT2D eigenvalue weighted by Gasteiger charge is -2.41. The molecule has 2 N–H and O–H groups in total. The van der Waals surface area contributed by atoms with E-state index in [2.05, 4.69) is 35.1 Å². The topological polar surface area (TPSA) is 32.3 Å². The third-order valence-electron chi connectivity index (χ3n) is 4.11. The summed E-state index contributed by atoms with van der Waals surface area (Å²) in [7, 11) is 0. The molecule has 2 rings (SSSR count). The van der Waals surface area contributed by atoms with Crippen molar-refractivity contribution in [3.8, 4) is 0 Å². The first kappa shape index (κ1) is 14.0. The van der Waals surface area contributed by atoms with Gasteiger partial charge in [-0.1, -0.05) is 41.9 Å². The molecule has 0 aliphatic carbocycles. The summed E-state index contributed by atoms with van der Waals surface area (Å²) >= 11 is 3.49. The molecule has 0 radical (unpaired) electrons. The minimum Gasteiger partial charge on any atom is -0.384 e. The summed E-state index contributed by atoms with van der Waals surface area (Å²) < 4.78 is 1.02. The van der Waals surface area contributed by atoms with E-state index in [-0.39, 0.29) is 6.04 Å². The van der Waals surface area contributed by atoms with E-state index in [1.54, 1.807) is 0 Å². The average Bonchev–Trinajstić information content (AvgIpc) is 2.38. The number of hydrogen-bond acceptors (Lipinski definition) is 2. The van der Waals surface area contributed by atoms with Crippen molar-refractivity contribution in [2.75, 3.05) is 6.54 Å². The van der Waals surface area contributed by atoms with Gasteiger partial charge in [-0.25, -0.2) is 0 Å². The maximum absolute atomic E-state index is 11.1. The first-order valence-electron chi connectivity index (χ1n) is 6.78. The number of hydrogen-bond donors (Lipinski definition) is 2. The molecule has 3 heteroatoms. The molecule has 0 bridgehead atoms. The van der Waals surface area contributed by atoms with Crippen LogP contribution in [0.5, 0.6) is 0 Å². The number of halogens is 1. The zero-order chi connectivity index (χ0) is 13.2. The van der Waals surface area contributed by atoms with E-state index in [0.717, 1.165) is 29.4 Å². The Labute approximate surface area is 118 Å². The van der Waals surface area contributed by atoms with Gasteiger partial charge in [0.15, 0.2) is 0 Å². The van der Waals surface area contributed by atoms with Gasteiger partial charge in [-0.05, 0) is 49.4 Å². The second-order valence-corrected chi connectivity index (χ2v) is 6.34. The third kappa shape index (κ3) is 2.79. The number of nitrogens with one attached hydrogen (secondary N) is 1. The molecular weight excluding hydrogens is 290 g/mol. The molecular formula is C15H22BrNO. The lowest BCUT2D eigenvalue weighted by molar-refractivity contribution is -0.0222. The summed E-state index contributed by atoms with van der Waals surface area (Å²) in [5.41, 5.74) is 0.240. The Morgan fingerprint density at radius 2 is 2.28 bits per heavy atom. The zero-order valence-electron chi connectivity index (χ0n) is 11.1. The Hall–Kier alpha value is -0.380. The van der Waals surface area contributed by atoms with Crippen LogP contribution in [0.1, 0.15) is 38.7 Å². The van der Waals surface area contributed by atoms with E-state index in [0.29, 0.717) is 5.92 Å². The number of aliphatic hydroxyl groups is 1. The van der Waals surface area contributed by atoms with Crippen molar-refractivity contribution in [2.24, 2.45) is 5.92 Å². The highest BCUT2D eigenvalue weighted by atomic mass is 79.9.